The molecule has 0 aromatic carbocycles. The maximum Gasteiger partial charge on any atom is 0.472 e. The molecule has 0 amide bonds. The van der Waals surface area contributed by atoms with Gasteiger partial charge in [0.2, 0.25) is 0 Å². The van der Waals surface area contributed by atoms with E-state index in [4.69, 9.17) is 18.5 Å². The molecule has 0 saturated heterocycles. The van der Waals surface area contributed by atoms with Crippen molar-refractivity contribution in [1.29, 1.82) is 0 Å². The van der Waals surface area contributed by atoms with Gasteiger partial charge in [0.1, 0.15) is 19.8 Å². The highest BCUT2D eigenvalue weighted by Crippen LogP contribution is 2.43. The van der Waals surface area contributed by atoms with E-state index in [9.17, 15) is 19.0 Å². The summed E-state index contributed by atoms with van der Waals surface area (Å²) in [5.41, 5.74) is 0. The standard InChI is InChI=1S/C39H72NO8P/c1-6-8-10-12-14-16-18-19-20-21-22-24-26-28-30-32-39(42)48-37(36-47-49(43,44)46-34-33-40(3,4)5)35-45-38(41)31-29-27-25-23-17-15-13-11-9-7-2/h14,16,19-20,22,24,37H,6-13,15,17-18,21,23,25-36H2,1-5H3/p+1/b16-14-,20-19-,24-22-/t37-/m1/s1. The molecule has 2 atom stereocenters. The van der Waals surface area contributed by atoms with Gasteiger partial charge in [0.15, 0.2) is 6.10 Å². The highest BCUT2D eigenvalue weighted by Gasteiger charge is 2.27. The molecule has 10 heteroatoms. The number of ether oxygens (including phenoxy) is 2. The molecule has 0 spiro atoms. The zero-order valence-corrected chi connectivity index (χ0v) is 32.8. The van der Waals surface area contributed by atoms with Crippen molar-refractivity contribution < 1.29 is 42.1 Å². The molecule has 1 N–H and O–H groups in total. The van der Waals surface area contributed by atoms with E-state index < -0.39 is 26.5 Å². The number of phosphoric ester groups is 1. The molecule has 49 heavy (non-hydrogen) atoms. The largest absolute Gasteiger partial charge is 0.472 e. The van der Waals surface area contributed by atoms with E-state index in [0.717, 1.165) is 51.4 Å². The van der Waals surface area contributed by atoms with Gasteiger partial charge in [-0.3, -0.25) is 18.6 Å². The minimum Gasteiger partial charge on any atom is -0.462 e. The Bertz CT molecular complexity index is 944. The van der Waals surface area contributed by atoms with Gasteiger partial charge < -0.3 is 18.9 Å². The number of unbranched alkanes of at least 4 members (excludes halogenated alkanes) is 14. The number of rotatable bonds is 34. The summed E-state index contributed by atoms with van der Waals surface area (Å²) >= 11 is 0. The molecule has 286 valence electrons. The highest BCUT2D eigenvalue weighted by atomic mass is 31.2. The van der Waals surface area contributed by atoms with Crippen LogP contribution in [0, 0.1) is 0 Å². The molecular weight excluding hydrogens is 641 g/mol. The lowest BCUT2D eigenvalue weighted by Gasteiger charge is -2.24. The average Bonchev–Trinajstić information content (AvgIpc) is 3.04. The Morgan fingerprint density at radius 3 is 1.67 bits per heavy atom. The van der Waals surface area contributed by atoms with Crippen LogP contribution in [0.2, 0.25) is 0 Å². The topological polar surface area (TPSA) is 108 Å². The van der Waals surface area contributed by atoms with Crippen LogP contribution in [-0.2, 0) is 32.7 Å². The summed E-state index contributed by atoms with van der Waals surface area (Å²) < 4.78 is 34.1. The molecular formula is C39H73NO8P+. The van der Waals surface area contributed by atoms with Crippen molar-refractivity contribution in [3.63, 3.8) is 0 Å². The van der Waals surface area contributed by atoms with Gasteiger partial charge in [-0.1, -0.05) is 121 Å². The monoisotopic (exact) mass is 715 g/mol. The number of nitrogens with zero attached hydrogens (tertiary/aromatic N) is 1. The third-order valence-corrected chi connectivity index (χ3v) is 8.91. The molecule has 0 heterocycles. The van der Waals surface area contributed by atoms with Crippen molar-refractivity contribution in [2.24, 2.45) is 0 Å². The molecule has 0 aliphatic rings. The fourth-order valence-corrected chi connectivity index (χ4v) is 5.58. The van der Waals surface area contributed by atoms with Crippen LogP contribution in [0.3, 0.4) is 0 Å². The van der Waals surface area contributed by atoms with Crippen LogP contribution in [0.4, 0.5) is 0 Å². The van der Waals surface area contributed by atoms with Gasteiger partial charge in [-0.05, 0) is 51.4 Å². The average molecular weight is 715 g/mol. The van der Waals surface area contributed by atoms with Gasteiger partial charge in [-0.2, -0.15) is 0 Å². The van der Waals surface area contributed by atoms with Gasteiger partial charge in [0.25, 0.3) is 0 Å². The first-order valence-corrected chi connectivity index (χ1v) is 20.7. The van der Waals surface area contributed by atoms with E-state index in [1.54, 1.807) is 0 Å². The molecule has 0 fully saturated rings. The minimum atomic E-state index is -4.37. The zero-order chi connectivity index (χ0) is 36.5. The number of likely N-dealkylation sites (N-methyl/N-ethyl adjacent to an activating group) is 1. The van der Waals surface area contributed by atoms with E-state index in [1.807, 2.05) is 21.1 Å². The second kappa shape index (κ2) is 32.2. The second-order valence-corrected chi connectivity index (χ2v) is 15.4. The third-order valence-electron chi connectivity index (χ3n) is 7.92. The van der Waals surface area contributed by atoms with Crippen molar-refractivity contribution in [3.05, 3.63) is 36.5 Å². The first kappa shape index (κ1) is 47.2. The fraction of sp³-hybridized carbons (Fsp3) is 0.795. The Hall–Kier alpha value is -1.77. The Kier molecular flexibility index (Phi) is 31.0. The number of hydrogen-bond donors (Lipinski definition) is 1. The zero-order valence-electron chi connectivity index (χ0n) is 31.9. The lowest BCUT2D eigenvalue weighted by atomic mass is 10.1. The summed E-state index contributed by atoms with van der Waals surface area (Å²) in [6, 6.07) is 0. The van der Waals surface area contributed by atoms with E-state index in [2.05, 4.69) is 50.3 Å². The van der Waals surface area contributed by atoms with E-state index >= 15 is 0 Å². The van der Waals surface area contributed by atoms with Crippen LogP contribution < -0.4 is 0 Å². The number of quaternary nitrogens is 1. The molecule has 0 radical (unpaired) electrons. The summed E-state index contributed by atoms with van der Waals surface area (Å²) in [5, 5.41) is 0. The molecule has 0 bridgehead atoms. The quantitative estimate of drug-likeness (QED) is 0.0231. The summed E-state index contributed by atoms with van der Waals surface area (Å²) in [7, 11) is 1.45. The Morgan fingerprint density at radius 2 is 1.10 bits per heavy atom. The number of esters is 2. The molecule has 0 rings (SSSR count). The predicted octanol–water partition coefficient (Wildman–Crippen LogP) is 10.2. The Labute approximate surface area is 300 Å². The molecule has 0 aliphatic heterocycles. The van der Waals surface area contributed by atoms with Crippen LogP contribution in [0.1, 0.15) is 149 Å². The number of carbonyl (C=O) groups excluding carboxylic acids is 2. The molecule has 0 aromatic heterocycles. The lowest BCUT2D eigenvalue weighted by molar-refractivity contribution is -0.870. The van der Waals surface area contributed by atoms with Gasteiger partial charge in [-0.25, -0.2) is 4.57 Å². The Morgan fingerprint density at radius 1 is 0.633 bits per heavy atom. The minimum absolute atomic E-state index is 0.0246. The summed E-state index contributed by atoms with van der Waals surface area (Å²) in [6.07, 6.45) is 33.4. The lowest BCUT2D eigenvalue weighted by Crippen LogP contribution is -2.37. The van der Waals surface area contributed by atoms with Crippen molar-refractivity contribution in [1.82, 2.24) is 0 Å². The van der Waals surface area contributed by atoms with E-state index in [0.29, 0.717) is 17.4 Å². The molecule has 0 aromatic rings. The van der Waals surface area contributed by atoms with Crippen molar-refractivity contribution in [2.75, 3.05) is 47.5 Å². The normalized spacial score (nSPS) is 14.2. The first-order valence-electron chi connectivity index (χ1n) is 19.2. The van der Waals surface area contributed by atoms with Crippen molar-refractivity contribution in [3.8, 4) is 0 Å². The maximum absolute atomic E-state index is 12.6. The van der Waals surface area contributed by atoms with Crippen LogP contribution >= 0.6 is 7.82 Å². The molecule has 0 saturated carbocycles. The van der Waals surface area contributed by atoms with Crippen LogP contribution in [0.15, 0.2) is 36.5 Å². The van der Waals surface area contributed by atoms with Gasteiger partial charge in [0.05, 0.1) is 27.7 Å². The number of hydrogen-bond acceptors (Lipinski definition) is 7. The van der Waals surface area contributed by atoms with Gasteiger partial charge in [0, 0.05) is 12.8 Å². The predicted molar refractivity (Wildman–Crippen MR) is 201 cm³/mol. The smallest absolute Gasteiger partial charge is 0.462 e. The third kappa shape index (κ3) is 35.8. The summed E-state index contributed by atoms with van der Waals surface area (Å²) in [4.78, 5) is 35.1. The van der Waals surface area contributed by atoms with Crippen LogP contribution in [-0.4, -0.2) is 74.9 Å². The second-order valence-electron chi connectivity index (χ2n) is 14.0. The number of allylic oxidation sites excluding steroid dienone is 6. The highest BCUT2D eigenvalue weighted by molar-refractivity contribution is 7.47. The Balaban J connectivity index is 4.52. The fourth-order valence-electron chi connectivity index (χ4n) is 4.84. The number of phosphoric acid groups is 1. The van der Waals surface area contributed by atoms with E-state index in [1.165, 1.54) is 64.2 Å². The number of carbonyl (C=O) groups is 2. The SMILES string of the molecule is CCCCC/C=C\C/C=C\C/C=C\CCCCC(=O)O[C@H](COC(=O)CCCCCCCCCCCC)COP(=O)(O)OCC[N+](C)(C)C. The van der Waals surface area contributed by atoms with E-state index in [-0.39, 0.29) is 32.0 Å². The van der Waals surface area contributed by atoms with Crippen LogP contribution in [0.5, 0.6) is 0 Å². The van der Waals surface area contributed by atoms with Crippen LogP contribution in [0.25, 0.3) is 0 Å². The maximum atomic E-state index is 12.6. The van der Waals surface area contributed by atoms with Gasteiger partial charge in [-0.15, -0.1) is 0 Å². The summed E-state index contributed by atoms with van der Waals surface area (Å²) in [5.74, 6) is -0.847. The first-order chi connectivity index (χ1) is 23.5. The van der Waals surface area contributed by atoms with Crippen molar-refractivity contribution in [2.45, 2.75) is 155 Å². The molecule has 1 unspecified atom stereocenters. The molecule has 9 nitrogen and oxygen atoms in total. The van der Waals surface area contributed by atoms with Crippen molar-refractivity contribution >= 4 is 19.8 Å². The summed E-state index contributed by atoms with van der Waals surface area (Å²) in [6.45, 7) is 4.31. The van der Waals surface area contributed by atoms with Gasteiger partial charge >= 0.3 is 19.8 Å². The molecule has 0 aliphatic carbocycles.